The van der Waals surface area contributed by atoms with Crippen molar-refractivity contribution in [3.05, 3.63) is 107 Å². The second-order valence-corrected chi connectivity index (χ2v) is 9.25. The molecule has 1 aliphatic heterocycles. The first kappa shape index (κ1) is 24.4. The van der Waals surface area contributed by atoms with Gasteiger partial charge in [-0.3, -0.25) is 14.8 Å². The maximum atomic E-state index is 15.0. The molecule has 4 rings (SSSR count). The normalized spacial score (nSPS) is 14.3. The topological polar surface area (TPSA) is 74.6 Å². The molecule has 1 atom stereocenters. The van der Waals surface area contributed by atoms with E-state index in [-0.39, 0.29) is 23.4 Å². The summed E-state index contributed by atoms with van der Waals surface area (Å²) in [6.45, 7) is 3.65. The summed E-state index contributed by atoms with van der Waals surface area (Å²) in [7, 11) is 0. The van der Waals surface area contributed by atoms with E-state index in [2.05, 4.69) is 15.3 Å². The van der Waals surface area contributed by atoms with E-state index in [4.69, 9.17) is 0 Å². The van der Waals surface area contributed by atoms with Gasteiger partial charge >= 0.3 is 0 Å². The molecule has 2 N–H and O–H groups in total. The molecule has 5 nitrogen and oxygen atoms in total. The highest BCUT2D eigenvalue weighted by Gasteiger charge is 2.26. The Morgan fingerprint density at radius 2 is 1.86 bits per heavy atom. The van der Waals surface area contributed by atoms with Crippen LogP contribution in [0.4, 0.5) is 8.78 Å². The Morgan fingerprint density at radius 1 is 1.09 bits per heavy atom. The molecule has 3 aromatic rings. The number of hydrogen-bond donors (Lipinski definition) is 2. The summed E-state index contributed by atoms with van der Waals surface area (Å²) in [6, 6.07) is 15.4. The fourth-order valence-electron chi connectivity index (χ4n) is 4.20. The van der Waals surface area contributed by atoms with Crippen molar-refractivity contribution in [3.63, 3.8) is 0 Å². The Balaban J connectivity index is 1.60. The van der Waals surface area contributed by atoms with E-state index >= 15 is 4.39 Å². The van der Waals surface area contributed by atoms with Crippen LogP contribution in [0.3, 0.4) is 0 Å². The first-order chi connectivity index (χ1) is 16.7. The molecular weight excluding hydrogens is 448 g/mol. The molecule has 2 aromatic carbocycles. The van der Waals surface area contributed by atoms with Crippen molar-refractivity contribution in [1.29, 1.82) is 0 Å². The van der Waals surface area contributed by atoms with Crippen molar-refractivity contribution >= 4 is 17.2 Å². The van der Waals surface area contributed by atoms with Crippen molar-refractivity contribution in [3.8, 4) is 0 Å². The van der Waals surface area contributed by atoms with E-state index in [1.54, 1.807) is 44.3 Å². The van der Waals surface area contributed by atoms with Crippen molar-refractivity contribution in [2.45, 2.75) is 38.3 Å². The average Bonchev–Trinajstić information content (AvgIpc) is 3.28. The Labute approximate surface area is 203 Å². The zero-order valence-corrected chi connectivity index (χ0v) is 19.6. The number of nitrogens with zero attached hydrogens (tertiary/aromatic N) is 2. The van der Waals surface area contributed by atoms with Gasteiger partial charge in [-0.1, -0.05) is 24.3 Å². The smallest absolute Gasteiger partial charge is 0.252 e. The van der Waals surface area contributed by atoms with Gasteiger partial charge < -0.3 is 10.4 Å². The van der Waals surface area contributed by atoms with Gasteiger partial charge in [-0.05, 0) is 73.9 Å². The SMILES string of the molecule is CC(C)(O)C[C@@H](Cc1ccccn1)NC(=O)c1cccc(F)c1C1=NCC(c2ccc(F)cc2)=C1. The number of hydrogen-bond acceptors (Lipinski definition) is 4. The molecule has 0 saturated heterocycles. The molecule has 0 radical (unpaired) electrons. The molecule has 0 saturated carbocycles. The van der Waals surface area contributed by atoms with Gasteiger partial charge in [-0.25, -0.2) is 8.78 Å². The molecule has 0 aliphatic carbocycles. The number of amides is 1. The van der Waals surface area contributed by atoms with Gasteiger partial charge in [0, 0.05) is 29.9 Å². The van der Waals surface area contributed by atoms with Crippen LogP contribution in [0.15, 0.2) is 77.9 Å². The number of aliphatic imine (C=N–C) groups is 1. The van der Waals surface area contributed by atoms with Crippen molar-refractivity contribution in [2.24, 2.45) is 4.99 Å². The van der Waals surface area contributed by atoms with Gasteiger partial charge in [0.25, 0.3) is 5.91 Å². The van der Waals surface area contributed by atoms with Crippen LogP contribution in [0.5, 0.6) is 0 Å². The van der Waals surface area contributed by atoms with Gasteiger partial charge in [-0.2, -0.15) is 0 Å². The predicted molar refractivity (Wildman–Crippen MR) is 132 cm³/mol. The maximum Gasteiger partial charge on any atom is 0.252 e. The van der Waals surface area contributed by atoms with Gasteiger partial charge in [0.2, 0.25) is 0 Å². The highest BCUT2D eigenvalue weighted by Crippen LogP contribution is 2.25. The van der Waals surface area contributed by atoms with E-state index < -0.39 is 23.4 Å². The Bertz CT molecular complexity index is 1260. The minimum Gasteiger partial charge on any atom is -0.390 e. The van der Waals surface area contributed by atoms with E-state index in [0.717, 1.165) is 16.8 Å². The highest BCUT2D eigenvalue weighted by atomic mass is 19.1. The third kappa shape index (κ3) is 6.25. The van der Waals surface area contributed by atoms with E-state index in [0.29, 0.717) is 18.7 Å². The molecular formula is C28H27F2N3O2. The number of allylic oxidation sites excluding steroid dienone is 1. The molecule has 2 heterocycles. The molecule has 7 heteroatoms. The number of carbonyl (C=O) groups is 1. The molecule has 0 unspecified atom stereocenters. The van der Waals surface area contributed by atoms with Crippen LogP contribution < -0.4 is 5.32 Å². The first-order valence-electron chi connectivity index (χ1n) is 11.4. The van der Waals surface area contributed by atoms with E-state index in [1.807, 2.05) is 18.2 Å². The first-order valence-corrected chi connectivity index (χ1v) is 11.4. The Kier molecular flexibility index (Phi) is 7.17. The summed E-state index contributed by atoms with van der Waals surface area (Å²) < 4.78 is 28.3. The number of aliphatic hydroxyl groups is 1. The van der Waals surface area contributed by atoms with Crippen LogP contribution in [0.2, 0.25) is 0 Å². The Morgan fingerprint density at radius 3 is 2.54 bits per heavy atom. The molecule has 0 fully saturated rings. The third-order valence-corrected chi connectivity index (χ3v) is 5.72. The van der Waals surface area contributed by atoms with Crippen LogP contribution in [0, 0.1) is 11.6 Å². The largest absolute Gasteiger partial charge is 0.390 e. The lowest BCUT2D eigenvalue weighted by molar-refractivity contribution is 0.0571. The highest BCUT2D eigenvalue weighted by molar-refractivity contribution is 6.19. The molecule has 1 aliphatic rings. The van der Waals surface area contributed by atoms with Crippen molar-refractivity contribution in [2.75, 3.05) is 6.54 Å². The maximum absolute atomic E-state index is 15.0. The second kappa shape index (κ2) is 10.3. The number of carbonyl (C=O) groups excluding carboxylic acids is 1. The molecule has 180 valence electrons. The number of halogens is 2. The van der Waals surface area contributed by atoms with Crippen molar-refractivity contribution in [1.82, 2.24) is 10.3 Å². The van der Waals surface area contributed by atoms with Crippen LogP contribution in [0.1, 0.15) is 47.4 Å². The number of aromatic nitrogens is 1. The minimum absolute atomic E-state index is 0.113. The van der Waals surface area contributed by atoms with Crippen LogP contribution in [-0.2, 0) is 6.42 Å². The van der Waals surface area contributed by atoms with E-state index in [9.17, 15) is 14.3 Å². The van der Waals surface area contributed by atoms with Crippen LogP contribution >= 0.6 is 0 Å². The van der Waals surface area contributed by atoms with Gasteiger partial charge in [0.05, 0.1) is 23.4 Å². The summed E-state index contributed by atoms with van der Waals surface area (Å²) in [5, 5.41) is 13.3. The van der Waals surface area contributed by atoms with Gasteiger partial charge in [0.1, 0.15) is 11.6 Å². The van der Waals surface area contributed by atoms with Crippen LogP contribution in [0.25, 0.3) is 5.57 Å². The van der Waals surface area contributed by atoms with Crippen LogP contribution in [-0.4, -0.2) is 39.9 Å². The lowest BCUT2D eigenvalue weighted by atomic mass is 9.94. The molecule has 0 bridgehead atoms. The van der Waals surface area contributed by atoms with Gasteiger partial charge in [0.15, 0.2) is 0 Å². The summed E-state index contributed by atoms with van der Waals surface area (Å²) in [4.78, 5) is 22.1. The zero-order chi connectivity index (χ0) is 25.0. The molecule has 0 spiro atoms. The summed E-state index contributed by atoms with van der Waals surface area (Å²) in [5.41, 5.74) is 1.96. The average molecular weight is 476 g/mol. The number of rotatable bonds is 8. The van der Waals surface area contributed by atoms with Crippen molar-refractivity contribution < 1.29 is 18.7 Å². The summed E-state index contributed by atoms with van der Waals surface area (Å²) in [6.07, 6.45) is 4.10. The number of nitrogens with one attached hydrogen (secondary N) is 1. The zero-order valence-electron chi connectivity index (χ0n) is 19.6. The van der Waals surface area contributed by atoms with Gasteiger partial charge in [-0.15, -0.1) is 0 Å². The molecule has 1 aromatic heterocycles. The Hall–Kier alpha value is -3.71. The fourth-order valence-corrected chi connectivity index (χ4v) is 4.20. The summed E-state index contributed by atoms with van der Waals surface area (Å²) in [5.74, 6) is -1.36. The quantitative estimate of drug-likeness (QED) is 0.494. The molecule has 1 amide bonds. The second-order valence-electron chi connectivity index (χ2n) is 9.25. The standard InChI is InChI=1S/C28H27F2N3O2/c1-28(2,35)16-22(15-21-6-3-4-13-31-21)33-27(34)23-7-5-8-24(30)26(23)25-14-19(17-32-25)18-9-11-20(29)12-10-18/h3-14,22,35H,15-17H2,1-2H3,(H,33,34)/t22-/m1/s1. The predicted octanol–water partition coefficient (Wildman–Crippen LogP) is 4.75. The number of benzene rings is 2. The summed E-state index contributed by atoms with van der Waals surface area (Å²) >= 11 is 0. The minimum atomic E-state index is -1.03. The molecule has 35 heavy (non-hydrogen) atoms. The third-order valence-electron chi connectivity index (χ3n) is 5.72. The lowest BCUT2D eigenvalue weighted by Crippen LogP contribution is -2.42. The van der Waals surface area contributed by atoms with E-state index in [1.165, 1.54) is 24.3 Å². The number of pyridine rings is 1. The monoisotopic (exact) mass is 475 g/mol. The fraction of sp³-hybridized carbons (Fsp3) is 0.250. The lowest BCUT2D eigenvalue weighted by Gasteiger charge is -2.26.